The third-order valence-corrected chi connectivity index (χ3v) is 4.89. The van der Waals surface area contributed by atoms with Crippen LogP contribution in [0.5, 0.6) is 0 Å². The Morgan fingerprint density at radius 1 is 1.23 bits per heavy atom. The summed E-state index contributed by atoms with van der Waals surface area (Å²) >= 11 is 0. The molecule has 0 unspecified atom stereocenters. The highest BCUT2D eigenvalue weighted by molar-refractivity contribution is 5.76. The van der Waals surface area contributed by atoms with Crippen LogP contribution >= 0.6 is 0 Å². The zero-order valence-corrected chi connectivity index (χ0v) is 13.6. The molecule has 3 heteroatoms. The molecular formula is C19H29NO2. The smallest absolute Gasteiger partial charge is 0.220 e. The van der Waals surface area contributed by atoms with Crippen LogP contribution < -0.4 is 5.32 Å². The van der Waals surface area contributed by atoms with Crippen LogP contribution in [0.3, 0.4) is 0 Å². The lowest BCUT2D eigenvalue weighted by atomic mass is 9.79. The molecule has 1 saturated carbocycles. The van der Waals surface area contributed by atoms with Crippen molar-refractivity contribution in [3.8, 4) is 0 Å². The summed E-state index contributed by atoms with van der Waals surface area (Å²) in [6.45, 7) is 2.74. The second kappa shape index (κ2) is 8.94. The molecular weight excluding hydrogens is 274 g/mol. The predicted octanol–water partition coefficient (Wildman–Crippen LogP) is 3.83. The molecule has 0 heterocycles. The van der Waals surface area contributed by atoms with Gasteiger partial charge in [0.25, 0.3) is 0 Å². The maximum absolute atomic E-state index is 12.0. The van der Waals surface area contributed by atoms with Crippen molar-refractivity contribution in [1.82, 2.24) is 5.32 Å². The Labute approximate surface area is 134 Å². The first-order valence-electron chi connectivity index (χ1n) is 8.66. The number of amides is 1. The Morgan fingerprint density at radius 2 is 1.91 bits per heavy atom. The van der Waals surface area contributed by atoms with Crippen LogP contribution in [-0.2, 0) is 4.79 Å². The van der Waals surface area contributed by atoms with Gasteiger partial charge < -0.3 is 10.4 Å². The molecule has 0 aromatic heterocycles. The third-order valence-electron chi connectivity index (χ3n) is 4.89. The van der Waals surface area contributed by atoms with Gasteiger partial charge in [0.1, 0.15) is 0 Å². The van der Waals surface area contributed by atoms with Crippen molar-refractivity contribution in [2.24, 2.45) is 11.8 Å². The van der Waals surface area contributed by atoms with Gasteiger partial charge in [-0.05, 0) is 23.8 Å². The first-order chi connectivity index (χ1) is 10.7. The van der Waals surface area contributed by atoms with E-state index in [1.54, 1.807) is 0 Å². The normalized spacial score (nSPS) is 18.6. The van der Waals surface area contributed by atoms with Crippen molar-refractivity contribution in [3.63, 3.8) is 0 Å². The highest BCUT2D eigenvalue weighted by Gasteiger charge is 2.22. The summed E-state index contributed by atoms with van der Waals surface area (Å²) in [6, 6.07) is 9.60. The number of hydrogen-bond acceptors (Lipinski definition) is 2. The fraction of sp³-hybridized carbons (Fsp3) is 0.632. The quantitative estimate of drug-likeness (QED) is 0.804. The molecule has 22 heavy (non-hydrogen) atoms. The summed E-state index contributed by atoms with van der Waals surface area (Å²) in [6.07, 6.45) is 7.23. The van der Waals surface area contributed by atoms with Gasteiger partial charge in [-0.2, -0.15) is 0 Å². The van der Waals surface area contributed by atoms with E-state index >= 15 is 0 Å². The molecule has 3 nitrogen and oxygen atoms in total. The summed E-state index contributed by atoms with van der Waals surface area (Å²) in [5, 5.41) is 13.0. The number of aliphatic hydroxyl groups excluding tert-OH is 1. The second-order valence-corrected chi connectivity index (χ2v) is 6.64. The van der Waals surface area contributed by atoms with Gasteiger partial charge in [-0.25, -0.2) is 0 Å². The molecule has 2 atom stereocenters. The Bertz CT molecular complexity index is 440. The zero-order valence-electron chi connectivity index (χ0n) is 13.6. The van der Waals surface area contributed by atoms with Crippen molar-refractivity contribution in [2.45, 2.75) is 58.0 Å². The van der Waals surface area contributed by atoms with E-state index in [4.69, 9.17) is 0 Å². The van der Waals surface area contributed by atoms with E-state index in [9.17, 15) is 9.90 Å². The first kappa shape index (κ1) is 17.0. The average Bonchev–Trinajstić information content (AvgIpc) is 2.56. The van der Waals surface area contributed by atoms with Crippen LogP contribution in [0.1, 0.15) is 63.5 Å². The summed E-state index contributed by atoms with van der Waals surface area (Å²) in [7, 11) is 0. The fourth-order valence-electron chi connectivity index (χ4n) is 3.42. The minimum absolute atomic E-state index is 0.123. The second-order valence-electron chi connectivity index (χ2n) is 6.64. The number of hydrogen-bond donors (Lipinski definition) is 2. The van der Waals surface area contributed by atoms with Gasteiger partial charge in [-0.3, -0.25) is 4.79 Å². The zero-order chi connectivity index (χ0) is 15.8. The van der Waals surface area contributed by atoms with Crippen LogP contribution in [0, 0.1) is 11.8 Å². The molecule has 1 fully saturated rings. The van der Waals surface area contributed by atoms with Crippen molar-refractivity contribution in [3.05, 3.63) is 35.9 Å². The highest BCUT2D eigenvalue weighted by atomic mass is 16.3. The number of rotatable bonds is 7. The molecule has 0 saturated heterocycles. The summed E-state index contributed by atoms with van der Waals surface area (Å²) in [4.78, 5) is 12.0. The average molecular weight is 303 g/mol. The summed E-state index contributed by atoms with van der Waals surface area (Å²) in [5.41, 5.74) is 0.910. The molecule has 2 N–H and O–H groups in total. The maximum atomic E-state index is 12.0. The number of carbonyl (C=O) groups is 1. The van der Waals surface area contributed by atoms with E-state index in [1.807, 2.05) is 30.3 Å². The minimum atomic E-state index is -0.503. The van der Waals surface area contributed by atoms with Crippen LogP contribution in [0.15, 0.2) is 30.3 Å². The van der Waals surface area contributed by atoms with Crippen molar-refractivity contribution < 1.29 is 9.90 Å². The maximum Gasteiger partial charge on any atom is 0.220 e. The molecule has 1 aliphatic rings. The van der Waals surface area contributed by atoms with E-state index in [-0.39, 0.29) is 5.91 Å². The lowest BCUT2D eigenvalue weighted by molar-refractivity contribution is -0.122. The topological polar surface area (TPSA) is 49.3 Å². The standard InChI is InChI=1S/C19H29NO2/c1-15(16-8-4-2-5-9-16)14-19(22)20-13-12-18(21)17-10-6-3-7-11-17/h3,6-7,10-11,15-16,18,21H,2,4-5,8-9,12-14H2,1H3,(H,20,22)/t15-,18+/m1/s1. The Kier molecular flexibility index (Phi) is 6.91. The van der Waals surface area contributed by atoms with Crippen LogP contribution in [0.2, 0.25) is 0 Å². The molecule has 0 radical (unpaired) electrons. The lowest BCUT2D eigenvalue weighted by Crippen LogP contribution is -2.29. The van der Waals surface area contributed by atoms with E-state index in [0.29, 0.717) is 25.3 Å². The fourth-order valence-corrected chi connectivity index (χ4v) is 3.42. The van der Waals surface area contributed by atoms with E-state index in [0.717, 1.165) is 11.5 Å². The van der Waals surface area contributed by atoms with Crippen molar-refractivity contribution in [1.29, 1.82) is 0 Å². The molecule has 1 aromatic carbocycles. The van der Waals surface area contributed by atoms with Crippen LogP contribution in [0.25, 0.3) is 0 Å². The Morgan fingerprint density at radius 3 is 2.59 bits per heavy atom. The first-order valence-corrected chi connectivity index (χ1v) is 8.66. The van der Waals surface area contributed by atoms with Gasteiger partial charge in [-0.15, -0.1) is 0 Å². The number of aliphatic hydroxyl groups is 1. The molecule has 1 amide bonds. The molecule has 2 rings (SSSR count). The van der Waals surface area contributed by atoms with Gasteiger partial charge in [0, 0.05) is 13.0 Å². The molecule has 0 spiro atoms. The van der Waals surface area contributed by atoms with Crippen molar-refractivity contribution in [2.75, 3.05) is 6.54 Å². The van der Waals surface area contributed by atoms with E-state index < -0.39 is 6.10 Å². The summed E-state index contributed by atoms with van der Waals surface area (Å²) in [5.74, 6) is 1.31. The number of benzene rings is 1. The molecule has 0 aliphatic heterocycles. The van der Waals surface area contributed by atoms with Crippen molar-refractivity contribution >= 4 is 5.91 Å². The van der Waals surface area contributed by atoms with Gasteiger partial charge in [-0.1, -0.05) is 69.4 Å². The van der Waals surface area contributed by atoms with E-state index in [2.05, 4.69) is 12.2 Å². The lowest BCUT2D eigenvalue weighted by Gasteiger charge is -2.27. The monoisotopic (exact) mass is 303 g/mol. The largest absolute Gasteiger partial charge is 0.388 e. The SMILES string of the molecule is C[C@H](CC(=O)NCC[C@H](O)c1ccccc1)C1CCCCC1. The van der Waals surface area contributed by atoms with Gasteiger partial charge in [0.05, 0.1) is 6.10 Å². The molecule has 1 aliphatic carbocycles. The molecule has 122 valence electrons. The third kappa shape index (κ3) is 5.45. The molecule has 1 aromatic rings. The molecule has 0 bridgehead atoms. The Balaban J connectivity index is 1.65. The number of carbonyl (C=O) groups excluding carboxylic acids is 1. The Hall–Kier alpha value is -1.35. The van der Waals surface area contributed by atoms with Gasteiger partial charge in [0.15, 0.2) is 0 Å². The van der Waals surface area contributed by atoms with Gasteiger partial charge >= 0.3 is 0 Å². The predicted molar refractivity (Wildman–Crippen MR) is 89.4 cm³/mol. The van der Waals surface area contributed by atoms with Crippen LogP contribution in [-0.4, -0.2) is 17.6 Å². The summed E-state index contributed by atoms with van der Waals surface area (Å²) < 4.78 is 0. The number of nitrogens with one attached hydrogen (secondary N) is 1. The van der Waals surface area contributed by atoms with Crippen LogP contribution in [0.4, 0.5) is 0 Å². The minimum Gasteiger partial charge on any atom is -0.388 e. The highest BCUT2D eigenvalue weighted by Crippen LogP contribution is 2.31. The van der Waals surface area contributed by atoms with Gasteiger partial charge in [0.2, 0.25) is 5.91 Å². The van der Waals surface area contributed by atoms with E-state index in [1.165, 1.54) is 32.1 Å².